The number of aromatic nitrogens is 2. The van der Waals surface area contributed by atoms with Gasteiger partial charge in [0.15, 0.2) is 0 Å². The van der Waals surface area contributed by atoms with Gasteiger partial charge in [0, 0.05) is 11.6 Å². The summed E-state index contributed by atoms with van der Waals surface area (Å²) in [5, 5.41) is 23.5. The third-order valence-corrected chi connectivity index (χ3v) is 4.28. The number of halogens is 2. The van der Waals surface area contributed by atoms with Gasteiger partial charge in [-0.05, 0) is 43.8 Å². The normalized spacial score (nSPS) is 11.3. The predicted octanol–water partition coefficient (Wildman–Crippen LogP) is 3.28. The lowest BCUT2D eigenvalue weighted by Gasteiger charge is -2.07. The van der Waals surface area contributed by atoms with E-state index >= 15 is 0 Å². The fourth-order valence-corrected chi connectivity index (χ4v) is 2.86. The Balaban J connectivity index is 2.25. The molecule has 1 aromatic carbocycles. The molecule has 2 rings (SSSR count). The van der Waals surface area contributed by atoms with Crippen LogP contribution in [0, 0.1) is 0 Å². The first-order chi connectivity index (χ1) is 10.8. The van der Waals surface area contributed by atoms with Crippen LogP contribution >= 0.6 is 31.9 Å². The van der Waals surface area contributed by atoms with E-state index in [0.717, 1.165) is 0 Å². The number of phenolic OH excluding ortho intramolecular Hbond substituents is 2. The molecule has 2 aromatic rings. The van der Waals surface area contributed by atoms with Crippen LogP contribution in [-0.2, 0) is 0 Å². The van der Waals surface area contributed by atoms with Gasteiger partial charge < -0.3 is 10.2 Å². The molecule has 0 aliphatic heterocycles. The molecule has 1 heterocycles. The summed E-state index contributed by atoms with van der Waals surface area (Å²) in [7, 11) is 0. The average Bonchev–Trinajstić information content (AvgIpc) is 2.49. The van der Waals surface area contributed by atoms with E-state index in [1.54, 1.807) is 0 Å². The molecule has 0 aliphatic carbocycles. The zero-order valence-electron chi connectivity index (χ0n) is 12.3. The van der Waals surface area contributed by atoms with Crippen LogP contribution in [0.3, 0.4) is 0 Å². The minimum absolute atomic E-state index is 0.106. The lowest BCUT2D eigenvalue weighted by Crippen LogP contribution is -2.12. The molecule has 0 saturated carbocycles. The Hall–Kier alpha value is -1.87. The first kappa shape index (κ1) is 17.5. The van der Waals surface area contributed by atoms with E-state index in [1.807, 2.05) is 13.8 Å². The smallest absolute Gasteiger partial charge is 0.252 e. The zero-order valence-corrected chi connectivity index (χ0v) is 15.4. The largest absolute Gasteiger partial charge is 0.506 e. The third kappa shape index (κ3) is 4.11. The van der Waals surface area contributed by atoms with E-state index in [1.165, 1.54) is 18.3 Å². The van der Waals surface area contributed by atoms with Gasteiger partial charge in [-0.15, -0.1) is 0 Å². The molecule has 0 spiro atoms. The number of aromatic hydroxyl groups is 2. The lowest BCUT2D eigenvalue weighted by atomic mass is 10.1. The number of hydrogen-bond acceptors (Lipinski definition) is 6. The summed E-state index contributed by atoms with van der Waals surface area (Å²) in [4.78, 5) is 18.3. The molecule has 1 aromatic heterocycles. The monoisotopic (exact) mass is 444 g/mol. The standard InChI is InChI=1S/C14H14Br2N4O3/c1-6(2)9-4-10(21)19-14(18-9)20-17-5-7-3-8(15)13(23)11(16)12(7)22/h3-6,22-23H,1-2H3,(H2,18,19,20,21)/b17-5-. The van der Waals surface area contributed by atoms with Crippen molar-refractivity contribution in [3.05, 3.63) is 42.7 Å². The number of benzene rings is 1. The molecule has 0 saturated heterocycles. The maximum atomic E-state index is 11.6. The highest BCUT2D eigenvalue weighted by Gasteiger charge is 2.12. The van der Waals surface area contributed by atoms with Crippen molar-refractivity contribution in [1.29, 1.82) is 0 Å². The first-order valence-electron chi connectivity index (χ1n) is 6.60. The lowest BCUT2D eigenvalue weighted by molar-refractivity contribution is 0.442. The first-order valence-corrected chi connectivity index (χ1v) is 8.18. The molecule has 4 N–H and O–H groups in total. The van der Waals surface area contributed by atoms with Crippen LogP contribution in [0.5, 0.6) is 11.5 Å². The molecule has 23 heavy (non-hydrogen) atoms. The van der Waals surface area contributed by atoms with E-state index in [-0.39, 0.29) is 33.4 Å². The number of rotatable bonds is 4. The summed E-state index contributed by atoms with van der Waals surface area (Å²) in [6, 6.07) is 2.93. The van der Waals surface area contributed by atoms with E-state index in [4.69, 9.17) is 0 Å². The number of nitrogens with one attached hydrogen (secondary N) is 2. The highest BCUT2D eigenvalue weighted by molar-refractivity contribution is 9.11. The van der Waals surface area contributed by atoms with E-state index in [9.17, 15) is 15.0 Å². The minimum atomic E-state index is -0.278. The van der Waals surface area contributed by atoms with Crippen molar-refractivity contribution in [3.63, 3.8) is 0 Å². The van der Waals surface area contributed by atoms with Gasteiger partial charge in [0.05, 0.1) is 16.4 Å². The summed E-state index contributed by atoms with van der Waals surface area (Å²) in [6.45, 7) is 3.86. The second kappa shape index (κ2) is 7.14. The Morgan fingerprint density at radius 3 is 2.65 bits per heavy atom. The molecular formula is C14H14Br2N4O3. The Morgan fingerprint density at radius 1 is 1.30 bits per heavy atom. The maximum absolute atomic E-state index is 11.6. The van der Waals surface area contributed by atoms with Crippen molar-refractivity contribution in [3.8, 4) is 11.5 Å². The van der Waals surface area contributed by atoms with E-state index in [0.29, 0.717) is 15.7 Å². The Morgan fingerprint density at radius 2 is 2.00 bits per heavy atom. The van der Waals surface area contributed by atoms with Crippen LogP contribution in [0.4, 0.5) is 5.95 Å². The highest BCUT2D eigenvalue weighted by Crippen LogP contribution is 2.40. The van der Waals surface area contributed by atoms with Gasteiger partial charge in [0.25, 0.3) is 5.56 Å². The van der Waals surface area contributed by atoms with Gasteiger partial charge in [-0.3, -0.25) is 9.78 Å². The van der Waals surface area contributed by atoms with Gasteiger partial charge in [0.1, 0.15) is 16.0 Å². The molecule has 0 aliphatic rings. The molecule has 0 radical (unpaired) electrons. The van der Waals surface area contributed by atoms with Crippen molar-refractivity contribution >= 4 is 44.0 Å². The SMILES string of the molecule is CC(C)c1cc(=O)[nH]c(N/N=C\c2cc(Br)c(O)c(Br)c2O)n1. The number of hydrazone groups is 1. The molecule has 7 nitrogen and oxygen atoms in total. The Kier molecular flexibility index (Phi) is 5.42. The van der Waals surface area contributed by atoms with Gasteiger partial charge in [-0.1, -0.05) is 13.8 Å². The summed E-state index contributed by atoms with van der Waals surface area (Å²) in [5.74, 6) is 0.0422. The molecule has 0 amide bonds. The number of aromatic amines is 1. The molecule has 0 atom stereocenters. The second-order valence-electron chi connectivity index (χ2n) is 5.00. The van der Waals surface area contributed by atoms with Gasteiger partial charge in [-0.25, -0.2) is 10.4 Å². The summed E-state index contributed by atoms with van der Waals surface area (Å²) < 4.78 is 0.554. The van der Waals surface area contributed by atoms with Crippen molar-refractivity contribution in [1.82, 2.24) is 9.97 Å². The van der Waals surface area contributed by atoms with E-state index in [2.05, 4.69) is 52.4 Å². The molecule has 122 valence electrons. The molecule has 0 fully saturated rings. The van der Waals surface area contributed by atoms with Crippen molar-refractivity contribution in [2.75, 3.05) is 5.43 Å². The van der Waals surface area contributed by atoms with Crippen molar-refractivity contribution in [2.24, 2.45) is 5.10 Å². The predicted molar refractivity (Wildman–Crippen MR) is 95.3 cm³/mol. The Labute approximate surface area is 148 Å². The summed E-state index contributed by atoms with van der Waals surface area (Å²) in [6.07, 6.45) is 1.34. The van der Waals surface area contributed by atoms with Crippen LogP contribution in [0.1, 0.15) is 31.0 Å². The maximum Gasteiger partial charge on any atom is 0.252 e. The number of anilines is 1. The summed E-state index contributed by atoms with van der Waals surface area (Å²) >= 11 is 6.25. The second-order valence-corrected chi connectivity index (χ2v) is 6.65. The van der Waals surface area contributed by atoms with Crippen molar-refractivity contribution in [2.45, 2.75) is 19.8 Å². The number of phenols is 2. The average molecular weight is 446 g/mol. The molecule has 9 heteroatoms. The van der Waals surface area contributed by atoms with Gasteiger partial charge in [0.2, 0.25) is 5.95 Å². The molecule has 0 bridgehead atoms. The topological polar surface area (TPSA) is 111 Å². The summed E-state index contributed by atoms with van der Waals surface area (Å²) in [5.41, 5.74) is 3.33. The number of H-pyrrole nitrogens is 1. The fraction of sp³-hybridized carbons (Fsp3) is 0.214. The Bertz CT molecular complexity index is 818. The van der Waals surface area contributed by atoms with E-state index < -0.39 is 0 Å². The third-order valence-electron chi connectivity index (χ3n) is 2.92. The number of nitrogens with zero attached hydrogens (tertiary/aromatic N) is 2. The van der Waals surface area contributed by atoms with Crippen LogP contribution < -0.4 is 11.0 Å². The number of hydrogen-bond donors (Lipinski definition) is 4. The van der Waals surface area contributed by atoms with Crippen molar-refractivity contribution < 1.29 is 10.2 Å². The van der Waals surface area contributed by atoms with Gasteiger partial charge >= 0.3 is 0 Å². The quantitative estimate of drug-likeness (QED) is 0.426. The van der Waals surface area contributed by atoms with Crippen LogP contribution in [0.2, 0.25) is 0 Å². The van der Waals surface area contributed by atoms with Gasteiger partial charge in [-0.2, -0.15) is 5.10 Å². The van der Waals surface area contributed by atoms with Crippen LogP contribution in [0.15, 0.2) is 31.0 Å². The zero-order chi connectivity index (χ0) is 17.1. The fourth-order valence-electron chi connectivity index (χ4n) is 1.70. The van der Waals surface area contributed by atoms with Crippen LogP contribution in [0.25, 0.3) is 0 Å². The molecule has 0 unspecified atom stereocenters. The molecular weight excluding hydrogens is 432 g/mol. The van der Waals surface area contributed by atoms with Crippen LogP contribution in [-0.4, -0.2) is 26.4 Å². The highest BCUT2D eigenvalue weighted by atomic mass is 79.9. The minimum Gasteiger partial charge on any atom is -0.506 e.